The van der Waals surface area contributed by atoms with Gasteiger partial charge in [0.15, 0.2) is 6.10 Å². The highest BCUT2D eigenvalue weighted by Gasteiger charge is 2.35. The molecule has 0 bridgehead atoms. The molecule has 1 N–H and O–H groups in total. The van der Waals surface area contributed by atoms with Crippen LogP contribution in [0.4, 0.5) is 0 Å². The molecule has 320 valence electrons. The van der Waals surface area contributed by atoms with Crippen LogP contribution >= 0.6 is 0 Å². The SMILES string of the molecule is CC1=C(/C=C/C(C)=C/C=C/C(C)=C/C(=O)OC(CO)COc2c(C)c(C)c3c(c2C)CCC(C)(CCCC(C)CCCC(C)CCCC(C)C)O3)C(C)(C)CCC1. The maximum Gasteiger partial charge on any atom is 0.331 e. The van der Waals surface area contributed by atoms with E-state index in [1.54, 1.807) is 0 Å². The number of allylic oxidation sites excluding steroid dienone is 9. The third kappa shape index (κ3) is 15.6. The van der Waals surface area contributed by atoms with Gasteiger partial charge in [-0.25, -0.2) is 4.79 Å². The fourth-order valence-electron chi connectivity index (χ4n) is 8.84. The second-order valence-corrected chi connectivity index (χ2v) is 19.4. The molecule has 5 heteroatoms. The molecular weight excluding hydrogens is 705 g/mol. The number of benzene rings is 1. The zero-order valence-corrected chi connectivity index (χ0v) is 38.7. The van der Waals surface area contributed by atoms with Crippen molar-refractivity contribution in [1.82, 2.24) is 0 Å². The van der Waals surface area contributed by atoms with Gasteiger partial charge in [-0.3, -0.25) is 0 Å². The van der Waals surface area contributed by atoms with E-state index in [0.29, 0.717) is 0 Å². The average Bonchev–Trinajstić information content (AvgIpc) is 3.12. The van der Waals surface area contributed by atoms with Crippen molar-refractivity contribution in [3.8, 4) is 11.5 Å². The monoisotopic (exact) mass is 787 g/mol. The van der Waals surface area contributed by atoms with Crippen LogP contribution in [0.15, 0.2) is 58.7 Å². The van der Waals surface area contributed by atoms with Crippen LogP contribution in [0, 0.1) is 43.9 Å². The first-order valence-electron chi connectivity index (χ1n) is 22.5. The predicted octanol–water partition coefficient (Wildman–Crippen LogP) is 13.9. The van der Waals surface area contributed by atoms with Crippen LogP contribution in [0.3, 0.4) is 0 Å². The molecule has 4 atom stereocenters. The van der Waals surface area contributed by atoms with Gasteiger partial charge >= 0.3 is 5.97 Å². The summed E-state index contributed by atoms with van der Waals surface area (Å²) in [4.78, 5) is 12.8. The number of ether oxygens (including phenoxy) is 3. The molecule has 0 amide bonds. The van der Waals surface area contributed by atoms with Crippen molar-refractivity contribution in [2.75, 3.05) is 13.2 Å². The van der Waals surface area contributed by atoms with Gasteiger partial charge in [0.1, 0.15) is 23.7 Å². The van der Waals surface area contributed by atoms with Gasteiger partial charge in [-0.05, 0) is 144 Å². The van der Waals surface area contributed by atoms with Gasteiger partial charge in [0, 0.05) is 11.6 Å². The number of rotatable bonds is 22. The molecule has 3 rings (SSSR count). The van der Waals surface area contributed by atoms with E-state index in [1.165, 1.54) is 93.4 Å². The molecule has 5 nitrogen and oxygen atoms in total. The first kappa shape index (κ1) is 48.3. The van der Waals surface area contributed by atoms with Crippen LogP contribution < -0.4 is 9.47 Å². The quantitative estimate of drug-likeness (QED) is 0.0720. The normalized spacial score (nSPS) is 20.5. The summed E-state index contributed by atoms with van der Waals surface area (Å²) >= 11 is 0. The van der Waals surface area contributed by atoms with Crippen molar-refractivity contribution in [2.45, 2.75) is 192 Å². The molecule has 1 aliphatic heterocycles. The van der Waals surface area contributed by atoms with E-state index in [1.807, 2.05) is 25.2 Å². The molecule has 1 aromatic rings. The fraction of sp³-hybridized carbons (Fsp3) is 0.673. The van der Waals surface area contributed by atoms with Gasteiger partial charge in [-0.15, -0.1) is 0 Å². The lowest BCUT2D eigenvalue weighted by atomic mass is 9.72. The summed E-state index contributed by atoms with van der Waals surface area (Å²) in [5, 5.41) is 10.1. The molecule has 4 unspecified atom stereocenters. The molecule has 1 heterocycles. The van der Waals surface area contributed by atoms with Crippen molar-refractivity contribution >= 4 is 5.97 Å². The molecule has 57 heavy (non-hydrogen) atoms. The Morgan fingerprint density at radius 3 is 2.11 bits per heavy atom. The van der Waals surface area contributed by atoms with Crippen LogP contribution in [-0.4, -0.2) is 36.0 Å². The number of carbonyl (C=O) groups is 1. The highest BCUT2D eigenvalue weighted by atomic mass is 16.6. The van der Waals surface area contributed by atoms with Crippen LogP contribution in [0.5, 0.6) is 11.5 Å². The van der Waals surface area contributed by atoms with Crippen LogP contribution in [0.25, 0.3) is 0 Å². The summed E-state index contributed by atoms with van der Waals surface area (Å²) in [5.74, 6) is 3.72. The first-order chi connectivity index (χ1) is 26.9. The largest absolute Gasteiger partial charge is 0.489 e. The van der Waals surface area contributed by atoms with E-state index < -0.39 is 12.1 Å². The van der Waals surface area contributed by atoms with Crippen LogP contribution in [0.2, 0.25) is 0 Å². The lowest BCUT2D eigenvalue weighted by Crippen LogP contribution is -2.37. The van der Waals surface area contributed by atoms with E-state index in [4.69, 9.17) is 14.2 Å². The van der Waals surface area contributed by atoms with Crippen molar-refractivity contribution in [1.29, 1.82) is 0 Å². The van der Waals surface area contributed by atoms with Gasteiger partial charge in [-0.1, -0.05) is 128 Å². The Labute approximate surface area is 349 Å². The van der Waals surface area contributed by atoms with Crippen molar-refractivity contribution in [2.24, 2.45) is 23.2 Å². The minimum Gasteiger partial charge on any atom is -0.489 e. The van der Waals surface area contributed by atoms with E-state index in [0.717, 1.165) is 76.4 Å². The Bertz CT molecular complexity index is 1620. The number of hydrogen-bond acceptors (Lipinski definition) is 5. The molecule has 1 aromatic carbocycles. The number of aliphatic hydroxyl groups excluding tert-OH is 1. The summed E-state index contributed by atoms with van der Waals surface area (Å²) in [5.41, 5.74) is 9.28. The number of esters is 1. The fourth-order valence-corrected chi connectivity index (χ4v) is 8.84. The maximum absolute atomic E-state index is 12.8. The summed E-state index contributed by atoms with van der Waals surface area (Å²) in [6, 6.07) is 0. The second-order valence-electron chi connectivity index (χ2n) is 19.4. The average molecular weight is 787 g/mol. The number of carbonyl (C=O) groups excluding carboxylic acids is 1. The summed E-state index contributed by atoms with van der Waals surface area (Å²) in [6.07, 6.45) is 28.2. The summed E-state index contributed by atoms with van der Waals surface area (Å²) < 4.78 is 18.8. The smallest absolute Gasteiger partial charge is 0.331 e. The highest BCUT2D eigenvalue weighted by molar-refractivity contribution is 5.83. The van der Waals surface area contributed by atoms with Crippen molar-refractivity contribution in [3.63, 3.8) is 0 Å². The Hall–Kier alpha value is -3.05. The third-order valence-corrected chi connectivity index (χ3v) is 12.9. The van der Waals surface area contributed by atoms with E-state index in [-0.39, 0.29) is 24.2 Å². The number of aliphatic hydroxyl groups is 1. The molecule has 2 aliphatic rings. The molecular formula is C52H82O5. The van der Waals surface area contributed by atoms with Gasteiger partial charge in [0.05, 0.1) is 6.61 Å². The second kappa shape index (κ2) is 22.9. The maximum atomic E-state index is 12.8. The molecule has 1 aliphatic carbocycles. The Morgan fingerprint density at radius 2 is 1.47 bits per heavy atom. The van der Waals surface area contributed by atoms with Crippen LogP contribution in [-0.2, 0) is 16.0 Å². The molecule has 0 spiro atoms. The minimum atomic E-state index is -0.783. The minimum absolute atomic E-state index is 0.0691. The molecule has 0 saturated carbocycles. The van der Waals surface area contributed by atoms with Gasteiger partial charge < -0.3 is 19.3 Å². The van der Waals surface area contributed by atoms with E-state index >= 15 is 0 Å². The number of fused-ring (bicyclic) bond motifs is 1. The van der Waals surface area contributed by atoms with Crippen molar-refractivity contribution < 1.29 is 24.1 Å². The van der Waals surface area contributed by atoms with Gasteiger partial charge in [-0.2, -0.15) is 0 Å². The van der Waals surface area contributed by atoms with E-state index in [9.17, 15) is 9.90 Å². The Kier molecular flexibility index (Phi) is 19.4. The Morgan fingerprint density at radius 1 is 0.825 bits per heavy atom. The zero-order chi connectivity index (χ0) is 42.3. The Balaban J connectivity index is 1.51. The number of hydrogen-bond donors (Lipinski definition) is 1. The van der Waals surface area contributed by atoms with E-state index in [2.05, 4.69) is 95.2 Å². The van der Waals surface area contributed by atoms with Crippen LogP contribution in [0.1, 0.15) is 175 Å². The molecule has 0 fully saturated rings. The summed E-state index contributed by atoms with van der Waals surface area (Å²) in [6.45, 7) is 28.7. The summed E-state index contributed by atoms with van der Waals surface area (Å²) in [7, 11) is 0. The predicted molar refractivity (Wildman–Crippen MR) is 241 cm³/mol. The first-order valence-corrected chi connectivity index (χ1v) is 22.5. The third-order valence-electron chi connectivity index (χ3n) is 12.9. The lowest BCUT2D eigenvalue weighted by Gasteiger charge is -2.38. The lowest BCUT2D eigenvalue weighted by molar-refractivity contribution is -0.146. The zero-order valence-electron chi connectivity index (χ0n) is 38.7. The standard InChI is InChI=1S/C52H82O5/c1-36(2)19-14-20-37(3)21-15-22-38(4)25-17-31-52(13)32-29-46-44(10)49(42(8)43(9)50(46)57-52)55-35-45(34-53)56-48(54)33-40(6)24-16-23-39(5)27-28-47-41(7)26-18-30-51(47,11)12/h16,23-24,27-28,33,36-38,45,53H,14-15,17-22,25-26,29-32,34-35H2,1-13H3/b24-16+,28-27+,39-23+,40-33+. The topological polar surface area (TPSA) is 65.0 Å². The van der Waals surface area contributed by atoms with Gasteiger partial charge in [0.2, 0.25) is 0 Å². The molecule has 0 saturated heterocycles. The highest BCUT2D eigenvalue weighted by Crippen LogP contribution is 2.45. The van der Waals surface area contributed by atoms with Gasteiger partial charge in [0.25, 0.3) is 0 Å². The molecule has 0 aromatic heterocycles. The van der Waals surface area contributed by atoms with Crippen molar-refractivity contribution in [3.05, 3.63) is 81.0 Å². The molecule has 0 radical (unpaired) electrons.